The Morgan fingerprint density at radius 1 is 1.50 bits per heavy atom. The minimum Gasteiger partial charge on any atom is -0.469 e. The van der Waals surface area contributed by atoms with Gasteiger partial charge in [0.2, 0.25) is 0 Å². The highest BCUT2D eigenvalue weighted by Crippen LogP contribution is 2.28. The summed E-state index contributed by atoms with van der Waals surface area (Å²) in [7, 11) is 1.37. The topological polar surface area (TPSA) is 39.2 Å². The van der Waals surface area contributed by atoms with Crippen LogP contribution >= 0.6 is 27.5 Å². The molecule has 1 aromatic heterocycles. The lowest BCUT2D eigenvalue weighted by atomic mass is 10.0. The molecule has 5 heteroatoms. The molecule has 0 unspecified atom stereocenters. The van der Waals surface area contributed by atoms with Gasteiger partial charge in [-0.15, -0.1) is 0 Å². The molecule has 0 bridgehead atoms. The molecule has 0 fully saturated rings. The lowest BCUT2D eigenvalue weighted by molar-refractivity contribution is -0.139. The monoisotopic (exact) mass is 327 g/mol. The van der Waals surface area contributed by atoms with E-state index in [2.05, 4.69) is 25.7 Å². The molecule has 0 atom stereocenters. The van der Waals surface area contributed by atoms with Gasteiger partial charge in [-0.2, -0.15) is 0 Å². The molecule has 0 saturated heterocycles. The normalized spacial score (nSPS) is 10.7. The largest absolute Gasteiger partial charge is 0.469 e. The van der Waals surface area contributed by atoms with E-state index in [4.69, 9.17) is 11.6 Å². The molecular formula is C13H11BrClNO2. The third-order valence-electron chi connectivity index (χ3n) is 2.79. The highest BCUT2D eigenvalue weighted by atomic mass is 79.9. The zero-order chi connectivity index (χ0) is 13.3. The molecule has 3 nitrogen and oxygen atoms in total. The van der Waals surface area contributed by atoms with Crippen LogP contribution in [0.15, 0.2) is 22.7 Å². The summed E-state index contributed by atoms with van der Waals surface area (Å²) in [6.07, 6.45) is 0.191. The molecule has 1 heterocycles. The van der Waals surface area contributed by atoms with Crippen LogP contribution in [0.2, 0.25) is 5.15 Å². The van der Waals surface area contributed by atoms with Crippen LogP contribution in [0.25, 0.3) is 10.9 Å². The maximum Gasteiger partial charge on any atom is 0.310 e. The first-order chi connectivity index (χ1) is 8.52. The molecule has 0 amide bonds. The van der Waals surface area contributed by atoms with E-state index < -0.39 is 0 Å². The van der Waals surface area contributed by atoms with Crippen molar-refractivity contribution in [1.29, 1.82) is 0 Å². The van der Waals surface area contributed by atoms with Crippen LogP contribution in [-0.2, 0) is 16.0 Å². The van der Waals surface area contributed by atoms with E-state index >= 15 is 0 Å². The standard InChI is InChI=1S/C13H11BrClNO2/c1-7-10(14)4-3-9-8(6-12(17)18-2)5-11(15)16-13(7)9/h3-5H,6H2,1-2H3. The number of aromatic nitrogens is 1. The first-order valence-electron chi connectivity index (χ1n) is 5.34. The van der Waals surface area contributed by atoms with Crippen LogP contribution in [0, 0.1) is 6.92 Å². The van der Waals surface area contributed by atoms with Crippen molar-refractivity contribution in [3.05, 3.63) is 39.0 Å². The molecule has 0 spiro atoms. The number of rotatable bonds is 2. The summed E-state index contributed by atoms with van der Waals surface area (Å²) in [6, 6.07) is 5.57. The van der Waals surface area contributed by atoms with Gasteiger partial charge in [0.15, 0.2) is 0 Å². The fraction of sp³-hybridized carbons (Fsp3) is 0.231. The maximum absolute atomic E-state index is 11.4. The molecule has 0 aliphatic carbocycles. The number of esters is 1. The molecule has 0 radical (unpaired) electrons. The summed E-state index contributed by atoms with van der Waals surface area (Å²) in [5, 5.41) is 1.30. The average molecular weight is 329 g/mol. The van der Waals surface area contributed by atoms with Gasteiger partial charge in [-0.3, -0.25) is 4.79 Å². The van der Waals surface area contributed by atoms with Crippen molar-refractivity contribution in [1.82, 2.24) is 4.98 Å². The van der Waals surface area contributed by atoms with Crippen LogP contribution in [0.4, 0.5) is 0 Å². The van der Waals surface area contributed by atoms with Gasteiger partial charge in [0, 0.05) is 9.86 Å². The third-order valence-corrected chi connectivity index (χ3v) is 3.84. The Hall–Kier alpha value is -1.13. The van der Waals surface area contributed by atoms with E-state index in [9.17, 15) is 4.79 Å². The number of methoxy groups -OCH3 is 1. The van der Waals surface area contributed by atoms with Crippen molar-refractivity contribution < 1.29 is 9.53 Å². The van der Waals surface area contributed by atoms with Crippen molar-refractivity contribution >= 4 is 44.4 Å². The minimum atomic E-state index is -0.292. The predicted octanol–water partition coefficient (Wildman–Crippen LogP) is 3.67. The number of fused-ring (bicyclic) bond motifs is 1. The first kappa shape index (κ1) is 13.3. The van der Waals surface area contributed by atoms with Crippen LogP contribution in [0.1, 0.15) is 11.1 Å². The Bertz CT molecular complexity index is 628. The molecular weight excluding hydrogens is 318 g/mol. The number of carbonyl (C=O) groups is 1. The van der Waals surface area contributed by atoms with Gasteiger partial charge in [-0.05, 0) is 30.2 Å². The number of hydrogen-bond acceptors (Lipinski definition) is 3. The first-order valence-corrected chi connectivity index (χ1v) is 6.51. The number of pyridine rings is 1. The van der Waals surface area contributed by atoms with E-state index in [0.29, 0.717) is 5.15 Å². The molecule has 0 aliphatic rings. The molecule has 94 valence electrons. The van der Waals surface area contributed by atoms with Gasteiger partial charge in [-0.25, -0.2) is 4.98 Å². The summed E-state index contributed by atoms with van der Waals surface area (Å²) < 4.78 is 5.65. The van der Waals surface area contributed by atoms with Crippen molar-refractivity contribution in [3.63, 3.8) is 0 Å². The van der Waals surface area contributed by atoms with Crippen molar-refractivity contribution in [2.24, 2.45) is 0 Å². The maximum atomic E-state index is 11.4. The fourth-order valence-electron chi connectivity index (χ4n) is 1.81. The number of ether oxygens (including phenoxy) is 1. The minimum absolute atomic E-state index is 0.191. The fourth-order valence-corrected chi connectivity index (χ4v) is 2.35. The highest BCUT2D eigenvalue weighted by Gasteiger charge is 2.12. The summed E-state index contributed by atoms with van der Waals surface area (Å²) in [4.78, 5) is 15.7. The van der Waals surface area contributed by atoms with Crippen molar-refractivity contribution in [3.8, 4) is 0 Å². The second-order valence-corrected chi connectivity index (χ2v) is 5.17. The van der Waals surface area contributed by atoms with Crippen molar-refractivity contribution in [2.45, 2.75) is 13.3 Å². The van der Waals surface area contributed by atoms with Gasteiger partial charge in [0.05, 0.1) is 19.0 Å². The molecule has 0 aliphatic heterocycles. The number of benzene rings is 1. The van der Waals surface area contributed by atoms with E-state index in [1.165, 1.54) is 7.11 Å². The Morgan fingerprint density at radius 2 is 2.22 bits per heavy atom. The van der Waals surface area contributed by atoms with Crippen LogP contribution in [-0.4, -0.2) is 18.1 Å². The lowest BCUT2D eigenvalue weighted by Crippen LogP contribution is -2.05. The number of halogens is 2. The number of nitrogens with zero attached hydrogens (tertiary/aromatic N) is 1. The van der Waals surface area contributed by atoms with Crippen LogP contribution < -0.4 is 0 Å². The molecule has 2 rings (SSSR count). The van der Waals surface area contributed by atoms with Crippen LogP contribution in [0.5, 0.6) is 0 Å². The number of carbonyl (C=O) groups excluding carboxylic acids is 1. The summed E-state index contributed by atoms with van der Waals surface area (Å²) in [5.41, 5.74) is 2.63. The number of hydrogen-bond donors (Lipinski definition) is 0. The molecule has 0 saturated carbocycles. The molecule has 2 aromatic rings. The van der Waals surface area contributed by atoms with Gasteiger partial charge < -0.3 is 4.74 Å². The zero-order valence-electron chi connectivity index (χ0n) is 9.96. The SMILES string of the molecule is COC(=O)Cc1cc(Cl)nc2c(C)c(Br)ccc12. The second-order valence-electron chi connectivity index (χ2n) is 3.93. The summed E-state index contributed by atoms with van der Waals surface area (Å²) in [5.74, 6) is -0.292. The van der Waals surface area contributed by atoms with Crippen molar-refractivity contribution in [2.75, 3.05) is 7.11 Å². The smallest absolute Gasteiger partial charge is 0.310 e. The molecule has 1 aromatic carbocycles. The van der Waals surface area contributed by atoms with Crippen LogP contribution in [0.3, 0.4) is 0 Å². The Kier molecular flexibility index (Phi) is 3.88. The third kappa shape index (κ3) is 2.49. The quantitative estimate of drug-likeness (QED) is 0.623. The van der Waals surface area contributed by atoms with Gasteiger partial charge in [0.25, 0.3) is 0 Å². The van der Waals surface area contributed by atoms with Gasteiger partial charge >= 0.3 is 5.97 Å². The van der Waals surface area contributed by atoms with Gasteiger partial charge in [0.1, 0.15) is 5.15 Å². The Labute approximate surface area is 118 Å². The molecule has 18 heavy (non-hydrogen) atoms. The number of aryl methyl sites for hydroxylation is 1. The van der Waals surface area contributed by atoms with E-state index in [1.54, 1.807) is 6.07 Å². The summed E-state index contributed by atoms with van der Waals surface area (Å²) in [6.45, 7) is 1.96. The Morgan fingerprint density at radius 3 is 2.89 bits per heavy atom. The van der Waals surface area contributed by atoms with E-state index in [-0.39, 0.29) is 12.4 Å². The van der Waals surface area contributed by atoms with Gasteiger partial charge in [-0.1, -0.05) is 33.6 Å². The zero-order valence-corrected chi connectivity index (χ0v) is 12.3. The highest BCUT2D eigenvalue weighted by molar-refractivity contribution is 9.10. The lowest BCUT2D eigenvalue weighted by Gasteiger charge is -2.09. The van der Waals surface area contributed by atoms with E-state index in [0.717, 1.165) is 26.5 Å². The molecule has 0 N–H and O–H groups in total. The predicted molar refractivity (Wildman–Crippen MR) is 74.9 cm³/mol. The summed E-state index contributed by atoms with van der Waals surface area (Å²) >= 11 is 9.45. The second kappa shape index (κ2) is 5.24. The Balaban J connectivity index is 2.66. The van der Waals surface area contributed by atoms with E-state index in [1.807, 2.05) is 19.1 Å². The average Bonchev–Trinajstić information content (AvgIpc) is 2.34.